The SMILES string of the molecule is CCOc1cccc(C(O)(CC(F)(F)C(F)(F)C(F)(F)C(F)(F)C(F)(F)C(F)(F)F)c2ccccc2)c1. The Bertz CT molecular complexity index is 1070. The highest BCUT2D eigenvalue weighted by molar-refractivity contribution is 5.40. The Morgan fingerprint density at radius 3 is 1.59 bits per heavy atom. The molecule has 0 heterocycles. The molecule has 0 aromatic heterocycles. The third-order valence-corrected chi connectivity index (χ3v) is 5.35. The number of hydrogen-bond donors (Lipinski definition) is 1. The number of hydrogen-bond acceptors (Lipinski definition) is 2. The van der Waals surface area contributed by atoms with Crippen LogP contribution < -0.4 is 4.74 Å². The number of halogens is 13. The molecule has 0 saturated carbocycles. The molecule has 0 bridgehead atoms. The Labute approximate surface area is 200 Å². The zero-order valence-corrected chi connectivity index (χ0v) is 18.4. The highest BCUT2D eigenvalue weighted by Gasteiger charge is 2.90. The summed E-state index contributed by atoms with van der Waals surface area (Å²) in [5.74, 6) is -38.0. The first kappa shape index (κ1) is 30.5. The maximum atomic E-state index is 14.7. The molecule has 2 aromatic rings. The molecule has 208 valence electrons. The maximum absolute atomic E-state index is 14.7. The third-order valence-electron chi connectivity index (χ3n) is 5.35. The van der Waals surface area contributed by atoms with Gasteiger partial charge in [-0.15, -0.1) is 0 Å². The monoisotopic (exact) mass is 560 g/mol. The minimum atomic E-state index is -8.02. The van der Waals surface area contributed by atoms with Crippen LogP contribution >= 0.6 is 0 Å². The van der Waals surface area contributed by atoms with Gasteiger partial charge in [0.05, 0.1) is 13.0 Å². The van der Waals surface area contributed by atoms with E-state index in [4.69, 9.17) is 4.74 Å². The van der Waals surface area contributed by atoms with Gasteiger partial charge in [0.1, 0.15) is 11.4 Å². The van der Waals surface area contributed by atoms with Crippen LogP contribution in [0.4, 0.5) is 57.1 Å². The quantitative estimate of drug-likeness (QED) is 0.306. The number of rotatable bonds is 10. The van der Waals surface area contributed by atoms with Crippen molar-refractivity contribution >= 4 is 0 Å². The van der Waals surface area contributed by atoms with Crippen molar-refractivity contribution < 1.29 is 66.9 Å². The van der Waals surface area contributed by atoms with E-state index >= 15 is 0 Å². The van der Waals surface area contributed by atoms with Crippen molar-refractivity contribution in [2.75, 3.05) is 6.61 Å². The van der Waals surface area contributed by atoms with Crippen LogP contribution in [0.5, 0.6) is 5.75 Å². The van der Waals surface area contributed by atoms with E-state index in [1.54, 1.807) is 0 Å². The largest absolute Gasteiger partial charge is 0.494 e. The Morgan fingerprint density at radius 2 is 1.11 bits per heavy atom. The van der Waals surface area contributed by atoms with Crippen LogP contribution in [0.1, 0.15) is 24.5 Å². The molecule has 15 heteroatoms. The second kappa shape index (κ2) is 9.55. The van der Waals surface area contributed by atoms with E-state index in [1.165, 1.54) is 19.1 Å². The fraction of sp³-hybridized carbons (Fsp3) is 0.455. The molecule has 2 aromatic carbocycles. The van der Waals surface area contributed by atoms with Crippen LogP contribution in [0.15, 0.2) is 54.6 Å². The third kappa shape index (κ3) is 4.93. The van der Waals surface area contributed by atoms with E-state index < -0.39 is 58.9 Å². The first-order valence-corrected chi connectivity index (χ1v) is 10.1. The van der Waals surface area contributed by atoms with E-state index in [2.05, 4.69) is 0 Å². The molecule has 37 heavy (non-hydrogen) atoms. The summed E-state index contributed by atoms with van der Waals surface area (Å²) in [6, 6.07) is 9.16. The second-order valence-electron chi connectivity index (χ2n) is 7.86. The Balaban J connectivity index is 2.68. The number of aliphatic hydroxyl groups is 1. The summed E-state index contributed by atoms with van der Waals surface area (Å²) in [5, 5.41) is 11.1. The van der Waals surface area contributed by atoms with Crippen LogP contribution in [0.3, 0.4) is 0 Å². The lowest BCUT2D eigenvalue weighted by atomic mass is 9.79. The van der Waals surface area contributed by atoms with Crippen LogP contribution in [0, 0.1) is 0 Å². The van der Waals surface area contributed by atoms with Gasteiger partial charge in [-0.1, -0.05) is 42.5 Å². The summed E-state index contributed by atoms with van der Waals surface area (Å²) < 4.78 is 182. The molecule has 2 nitrogen and oxygen atoms in total. The van der Waals surface area contributed by atoms with Crippen molar-refractivity contribution in [3.05, 3.63) is 65.7 Å². The summed E-state index contributed by atoms with van der Waals surface area (Å²) >= 11 is 0. The van der Waals surface area contributed by atoms with Crippen LogP contribution in [0.25, 0.3) is 0 Å². The molecule has 0 spiro atoms. The average molecular weight is 560 g/mol. The molecule has 0 saturated heterocycles. The summed E-state index contributed by atoms with van der Waals surface area (Å²) in [6.45, 7) is 1.46. The van der Waals surface area contributed by atoms with Gasteiger partial charge in [0.15, 0.2) is 0 Å². The second-order valence-corrected chi connectivity index (χ2v) is 7.86. The fourth-order valence-corrected chi connectivity index (χ4v) is 3.33. The molecule has 2 rings (SSSR count). The van der Waals surface area contributed by atoms with Gasteiger partial charge in [0, 0.05) is 0 Å². The molecule has 1 unspecified atom stereocenters. The molecule has 0 aliphatic heterocycles. The molecule has 1 N–H and O–H groups in total. The summed E-state index contributed by atoms with van der Waals surface area (Å²) in [5.41, 5.74) is -4.73. The zero-order valence-electron chi connectivity index (χ0n) is 18.4. The van der Waals surface area contributed by atoms with Crippen molar-refractivity contribution in [1.29, 1.82) is 0 Å². The van der Waals surface area contributed by atoms with Gasteiger partial charge in [0.25, 0.3) is 0 Å². The van der Waals surface area contributed by atoms with Gasteiger partial charge in [-0.05, 0) is 30.2 Å². The van der Waals surface area contributed by atoms with Crippen molar-refractivity contribution in [3.63, 3.8) is 0 Å². The Kier molecular flexibility index (Phi) is 7.87. The first-order chi connectivity index (χ1) is 16.6. The van der Waals surface area contributed by atoms with Gasteiger partial charge >= 0.3 is 35.8 Å². The maximum Gasteiger partial charge on any atom is 0.460 e. The summed E-state index contributed by atoms with van der Waals surface area (Å²) in [7, 11) is 0. The van der Waals surface area contributed by atoms with E-state index in [0.717, 1.165) is 42.5 Å². The van der Waals surface area contributed by atoms with Crippen LogP contribution in [0.2, 0.25) is 0 Å². The van der Waals surface area contributed by atoms with Gasteiger partial charge in [-0.3, -0.25) is 0 Å². The Morgan fingerprint density at radius 1 is 0.622 bits per heavy atom. The lowest BCUT2D eigenvalue weighted by molar-refractivity contribution is -0.441. The zero-order chi connectivity index (χ0) is 28.7. The molecular weight excluding hydrogens is 543 g/mol. The number of ether oxygens (including phenoxy) is 1. The van der Waals surface area contributed by atoms with E-state index in [1.807, 2.05) is 0 Å². The minimum absolute atomic E-state index is 0.0177. The molecule has 0 aliphatic rings. The van der Waals surface area contributed by atoms with Gasteiger partial charge < -0.3 is 9.84 Å². The molecule has 0 fully saturated rings. The molecule has 0 aliphatic carbocycles. The van der Waals surface area contributed by atoms with Crippen LogP contribution in [-0.2, 0) is 5.60 Å². The van der Waals surface area contributed by atoms with E-state index in [9.17, 15) is 62.2 Å². The smallest absolute Gasteiger partial charge is 0.460 e. The van der Waals surface area contributed by atoms with Crippen molar-refractivity contribution in [1.82, 2.24) is 0 Å². The van der Waals surface area contributed by atoms with E-state index in [-0.39, 0.29) is 12.4 Å². The minimum Gasteiger partial charge on any atom is -0.494 e. The molecule has 0 radical (unpaired) electrons. The fourth-order valence-electron chi connectivity index (χ4n) is 3.33. The summed E-state index contributed by atoms with van der Waals surface area (Å²) in [6.07, 6.45) is -10.3. The molecule has 1 atom stereocenters. The molecular formula is C22H17F13O2. The first-order valence-electron chi connectivity index (χ1n) is 10.1. The lowest BCUT2D eigenvalue weighted by Gasteiger charge is -2.42. The van der Waals surface area contributed by atoms with E-state index in [0.29, 0.717) is 0 Å². The van der Waals surface area contributed by atoms with Gasteiger partial charge in [-0.25, -0.2) is 0 Å². The highest BCUT2D eigenvalue weighted by Crippen LogP contribution is 2.61. The number of benzene rings is 2. The predicted octanol–water partition coefficient (Wildman–Crippen LogP) is 7.45. The van der Waals surface area contributed by atoms with Crippen LogP contribution in [-0.4, -0.2) is 47.5 Å². The average Bonchev–Trinajstić information content (AvgIpc) is 2.78. The van der Waals surface area contributed by atoms with Gasteiger partial charge in [-0.2, -0.15) is 57.1 Å². The Hall–Kier alpha value is -2.71. The molecule has 0 amide bonds. The standard InChI is InChI=1S/C22H17F13O2/c1-2-37-15-10-6-9-14(11-15)16(36,13-7-4-3-5-8-13)12-17(23,24)18(25,26)19(27,28)20(29,30)21(31,32)22(33,34)35/h3-11,36H,2,12H2,1H3. The van der Waals surface area contributed by atoms with Crippen molar-refractivity contribution in [2.45, 2.75) is 54.7 Å². The lowest BCUT2D eigenvalue weighted by Crippen LogP contribution is -2.70. The summed E-state index contributed by atoms with van der Waals surface area (Å²) in [4.78, 5) is 0. The predicted molar refractivity (Wildman–Crippen MR) is 102 cm³/mol. The van der Waals surface area contributed by atoms with Crippen molar-refractivity contribution in [2.24, 2.45) is 0 Å². The topological polar surface area (TPSA) is 29.5 Å². The normalized spacial score (nSPS) is 15.9. The highest BCUT2D eigenvalue weighted by atomic mass is 19.4. The number of alkyl halides is 13. The van der Waals surface area contributed by atoms with Gasteiger partial charge in [0.2, 0.25) is 0 Å². The van der Waals surface area contributed by atoms with Crippen molar-refractivity contribution in [3.8, 4) is 5.75 Å².